The Morgan fingerprint density at radius 3 is 2.71 bits per heavy atom. The van der Waals surface area contributed by atoms with E-state index in [1.807, 2.05) is 20.8 Å². The van der Waals surface area contributed by atoms with Crippen LogP contribution in [-0.2, 0) is 9.53 Å². The molecule has 1 aliphatic heterocycles. The molecule has 1 N–H and O–H groups in total. The first-order chi connectivity index (χ1) is 10.1. The molecular formula is C17H34N2O2. The summed E-state index contributed by atoms with van der Waals surface area (Å²) in [7, 11) is 0. The van der Waals surface area contributed by atoms with Crippen molar-refractivity contribution in [1.82, 2.24) is 10.2 Å². The predicted molar refractivity (Wildman–Crippen MR) is 87.5 cm³/mol. The molecule has 0 saturated carbocycles. The number of carbonyl (C=O) groups is 1. The van der Waals surface area contributed by atoms with Crippen LogP contribution in [0.2, 0.25) is 0 Å². The van der Waals surface area contributed by atoms with E-state index in [1.54, 1.807) is 0 Å². The highest BCUT2D eigenvalue weighted by atomic mass is 16.5. The van der Waals surface area contributed by atoms with Crippen LogP contribution in [0.1, 0.15) is 66.2 Å². The van der Waals surface area contributed by atoms with Gasteiger partial charge >= 0.3 is 5.97 Å². The van der Waals surface area contributed by atoms with Crippen LogP contribution >= 0.6 is 0 Å². The van der Waals surface area contributed by atoms with Crippen LogP contribution < -0.4 is 5.32 Å². The van der Waals surface area contributed by atoms with Crippen molar-refractivity contribution < 1.29 is 9.53 Å². The molecule has 21 heavy (non-hydrogen) atoms. The molecule has 0 aromatic rings. The van der Waals surface area contributed by atoms with Crippen molar-refractivity contribution in [3.63, 3.8) is 0 Å². The summed E-state index contributed by atoms with van der Waals surface area (Å²) in [5, 5.41) is 3.33. The van der Waals surface area contributed by atoms with E-state index in [2.05, 4.69) is 17.1 Å². The molecule has 1 rings (SSSR count). The van der Waals surface area contributed by atoms with Gasteiger partial charge in [-0.1, -0.05) is 26.7 Å². The first-order valence-electron chi connectivity index (χ1n) is 8.73. The van der Waals surface area contributed by atoms with Crippen LogP contribution in [0.4, 0.5) is 0 Å². The van der Waals surface area contributed by atoms with Crippen molar-refractivity contribution in [2.75, 3.05) is 26.2 Å². The molecule has 124 valence electrons. The van der Waals surface area contributed by atoms with Gasteiger partial charge in [-0.2, -0.15) is 0 Å². The first-order valence-corrected chi connectivity index (χ1v) is 8.73. The van der Waals surface area contributed by atoms with Gasteiger partial charge in [-0.3, -0.25) is 4.79 Å². The zero-order valence-electron chi connectivity index (χ0n) is 14.4. The SMILES string of the molecule is CCCC1CCCCN1CCC(C)(NCC)C(=O)OCC. The summed E-state index contributed by atoms with van der Waals surface area (Å²) < 4.78 is 5.25. The number of nitrogens with zero attached hydrogens (tertiary/aromatic N) is 1. The Labute approximate surface area is 130 Å². The van der Waals surface area contributed by atoms with Crippen LogP contribution in [-0.4, -0.2) is 48.7 Å². The minimum atomic E-state index is -0.557. The molecule has 0 bridgehead atoms. The number of rotatable bonds is 9. The summed E-state index contributed by atoms with van der Waals surface area (Å²) in [5.41, 5.74) is -0.557. The molecule has 1 aliphatic rings. The zero-order chi connectivity index (χ0) is 15.7. The number of likely N-dealkylation sites (N-methyl/N-ethyl adjacent to an activating group) is 1. The van der Waals surface area contributed by atoms with Gasteiger partial charge in [0.15, 0.2) is 0 Å². The Hall–Kier alpha value is -0.610. The van der Waals surface area contributed by atoms with Gasteiger partial charge in [-0.25, -0.2) is 0 Å². The molecule has 2 unspecified atom stereocenters. The van der Waals surface area contributed by atoms with Crippen LogP contribution in [0.15, 0.2) is 0 Å². The normalized spacial score (nSPS) is 22.8. The standard InChI is InChI=1S/C17H34N2O2/c1-5-10-15-11-8-9-13-19(15)14-12-17(4,18-6-2)16(20)21-7-3/h15,18H,5-14H2,1-4H3. The predicted octanol–water partition coefficient (Wildman–Crippen LogP) is 2.96. The smallest absolute Gasteiger partial charge is 0.326 e. The van der Waals surface area contributed by atoms with Crippen molar-refractivity contribution in [3.8, 4) is 0 Å². The monoisotopic (exact) mass is 298 g/mol. The lowest BCUT2D eigenvalue weighted by Gasteiger charge is -2.38. The second-order valence-electron chi connectivity index (χ2n) is 6.31. The van der Waals surface area contributed by atoms with E-state index in [0.29, 0.717) is 12.6 Å². The van der Waals surface area contributed by atoms with E-state index in [1.165, 1.54) is 38.6 Å². The summed E-state index contributed by atoms with van der Waals surface area (Å²) in [6, 6.07) is 0.705. The number of nitrogens with one attached hydrogen (secondary N) is 1. The van der Waals surface area contributed by atoms with E-state index < -0.39 is 5.54 Å². The van der Waals surface area contributed by atoms with Gasteiger partial charge in [0, 0.05) is 12.6 Å². The van der Waals surface area contributed by atoms with Crippen molar-refractivity contribution in [2.45, 2.75) is 77.8 Å². The van der Waals surface area contributed by atoms with Crippen LogP contribution in [0.5, 0.6) is 0 Å². The van der Waals surface area contributed by atoms with E-state index in [4.69, 9.17) is 4.74 Å². The molecule has 0 aromatic carbocycles. The van der Waals surface area contributed by atoms with E-state index in [-0.39, 0.29) is 5.97 Å². The minimum Gasteiger partial charge on any atom is -0.465 e. The zero-order valence-corrected chi connectivity index (χ0v) is 14.4. The van der Waals surface area contributed by atoms with Gasteiger partial charge in [-0.05, 0) is 52.6 Å². The third kappa shape index (κ3) is 5.59. The Balaban J connectivity index is 2.60. The molecule has 0 amide bonds. The summed E-state index contributed by atoms with van der Waals surface area (Å²) in [6.45, 7) is 11.5. The maximum Gasteiger partial charge on any atom is 0.326 e. The molecule has 0 aromatic heterocycles. The topological polar surface area (TPSA) is 41.6 Å². The van der Waals surface area contributed by atoms with Gasteiger partial charge in [0.2, 0.25) is 0 Å². The second kappa shape index (κ2) is 9.42. The van der Waals surface area contributed by atoms with Crippen molar-refractivity contribution in [3.05, 3.63) is 0 Å². The maximum atomic E-state index is 12.2. The number of hydrogen-bond donors (Lipinski definition) is 1. The molecule has 0 radical (unpaired) electrons. The fourth-order valence-corrected chi connectivity index (χ4v) is 3.32. The van der Waals surface area contributed by atoms with Crippen LogP contribution in [0.25, 0.3) is 0 Å². The third-order valence-corrected chi connectivity index (χ3v) is 4.56. The van der Waals surface area contributed by atoms with Gasteiger partial charge < -0.3 is 15.0 Å². The number of esters is 1. The van der Waals surface area contributed by atoms with Crippen LogP contribution in [0, 0.1) is 0 Å². The van der Waals surface area contributed by atoms with E-state index >= 15 is 0 Å². The van der Waals surface area contributed by atoms with Gasteiger partial charge in [-0.15, -0.1) is 0 Å². The lowest BCUT2D eigenvalue weighted by molar-refractivity contribution is -0.151. The maximum absolute atomic E-state index is 12.2. The van der Waals surface area contributed by atoms with Crippen molar-refractivity contribution in [2.24, 2.45) is 0 Å². The lowest BCUT2D eigenvalue weighted by Crippen LogP contribution is -2.53. The quantitative estimate of drug-likeness (QED) is 0.665. The summed E-state index contributed by atoms with van der Waals surface area (Å²) in [6.07, 6.45) is 7.28. The Morgan fingerprint density at radius 2 is 2.10 bits per heavy atom. The highest BCUT2D eigenvalue weighted by molar-refractivity contribution is 5.80. The van der Waals surface area contributed by atoms with Crippen molar-refractivity contribution in [1.29, 1.82) is 0 Å². The largest absolute Gasteiger partial charge is 0.465 e. The molecule has 1 saturated heterocycles. The van der Waals surface area contributed by atoms with Crippen molar-refractivity contribution >= 4 is 5.97 Å². The number of likely N-dealkylation sites (tertiary alicyclic amines) is 1. The van der Waals surface area contributed by atoms with E-state index in [9.17, 15) is 4.79 Å². The number of piperidine rings is 1. The molecule has 1 heterocycles. The molecule has 0 aliphatic carbocycles. The minimum absolute atomic E-state index is 0.115. The Bertz CT molecular complexity index is 307. The average Bonchev–Trinajstić information content (AvgIpc) is 2.47. The van der Waals surface area contributed by atoms with Crippen LogP contribution in [0.3, 0.4) is 0 Å². The molecule has 4 nitrogen and oxygen atoms in total. The first kappa shape index (κ1) is 18.4. The van der Waals surface area contributed by atoms with Gasteiger partial charge in [0.25, 0.3) is 0 Å². The lowest BCUT2D eigenvalue weighted by atomic mass is 9.94. The van der Waals surface area contributed by atoms with Gasteiger partial charge in [0.1, 0.15) is 5.54 Å². The highest BCUT2D eigenvalue weighted by Crippen LogP contribution is 2.23. The second-order valence-corrected chi connectivity index (χ2v) is 6.31. The Kier molecular flexibility index (Phi) is 8.27. The molecule has 1 fully saturated rings. The highest BCUT2D eigenvalue weighted by Gasteiger charge is 2.35. The molecule has 4 heteroatoms. The molecule has 2 atom stereocenters. The Morgan fingerprint density at radius 1 is 1.33 bits per heavy atom. The third-order valence-electron chi connectivity index (χ3n) is 4.56. The fourth-order valence-electron chi connectivity index (χ4n) is 3.32. The summed E-state index contributed by atoms with van der Waals surface area (Å²) >= 11 is 0. The van der Waals surface area contributed by atoms with Gasteiger partial charge in [0.05, 0.1) is 6.61 Å². The number of ether oxygens (including phenoxy) is 1. The summed E-state index contributed by atoms with van der Waals surface area (Å²) in [4.78, 5) is 14.8. The molecule has 0 spiro atoms. The number of hydrogen-bond acceptors (Lipinski definition) is 4. The number of carbonyl (C=O) groups excluding carboxylic acids is 1. The molecular weight excluding hydrogens is 264 g/mol. The van der Waals surface area contributed by atoms with E-state index in [0.717, 1.165) is 19.5 Å². The summed E-state index contributed by atoms with van der Waals surface area (Å²) in [5.74, 6) is -0.115. The fraction of sp³-hybridized carbons (Fsp3) is 0.941. The average molecular weight is 298 g/mol.